The van der Waals surface area contributed by atoms with Gasteiger partial charge in [0.25, 0.3) is 5.69 Å². The molecule has 0 heterocycles. The molecule has 1 aromatic rings. The van der Waals surface area contributed by atoms with Gasteiger partial charge >= 0.3 is 5.97 Å². The summed E-state index contributed by atoms with van der Waals surface area (Å²) in [5, 5.41) is 23.1. The van der Waals surface area contributed by atoms with Crippen molar-refractivity contribution in [2.75, 3.05) is 5.32 Å². The van der Waals surface area contributed by atoms with E-state index in [9.17, 15) is 14.9 Å². The summed E-state index contributed by atoms with van der Waals surface area (Å²) in [6.45, 7) is 0. The Kier molecular flexibility index (Phi) is 4.04. The predicted molar refractivity (Wildman–Crippen MR) is 73.2 cm³/mol. The van der Waals surface area contributed by atoms with Gasteiger partial charge in [-0.25, -0.2) is 0 Å². The standard InChI is InChI=1S/C12H13BrN2O4/c13-7-4-5-10(11(6-7)15(18)19)14-9-3-1-2-8(9)12(16)17/h4-6,8-9,14H,1-3H2,(H,16,17). The molecule has 6 nitrogen and oxygen atoms in total. The molecule has 0 spiro atoms. The second-order valence-corrected chi connectivity index (χ2v) is 5.46. The fourth-order valence-corrected chi connectivity index (χ4v) is 2.76. The van der Waals surface area contributed by atoms with Crippen molar-refractivity contribution < 1.29 is 14.8 Å². The quantitative estimate of drug-likeness (QED) is 0.654. The molecule has 102 valence electrons. The van der Waals surface area contributed by atoms with Crippen LogP contribution in [0.25, 0.3) is 0 Å². The first-order valence-corrected chi connectivity index (χ1v) is 6.71. The lowest BCUT2D eigenvalue weighted by Crippen LogP contribution is -2.29. The Balaban J connectivity index is 2.23. The van der Waals surface area contributed by atoms with Gasteiger partial charge in [0.2, 0.25) is 0 Å². The second kappa shape index (κ2) is 5.56. The van der Waals surface area contributed by atoms with E-state index in [0.29, 0.717) is 23.0 Å². The SMILES string of the molecule is O=C(O)C1CCCC1Nc1ccc(Br)cc1[N+](=O)[O-]. The van der Waals surface area contributed by atoms with Crippen LogP contribution in [0.3, 0.4) is 0 Å². The molecule has 1 aliphatic rings. The van der Waals surface area contributed by atoms with Crippen LogP contribution in [0, 0.1) is 16.0 Å². The number of nitro benzene ring substituents is 1. The highest BCUT2D eigenvalue weighted by molar-refractivity contribution is 9.10. The summed E-state index contributed by atoms with van der Waals surface area (Å²) >= 11 is 3.19. The van der Waals surface area contributed by atoms with E-state index in [4.69, 9.17) is 5.11 Å². The van der Waals surface area contributed by atoms with Crippen molar-refractivity contribution in [3.05, 3.63) is 32.8 Å². The highest BCUT2D eigenvalue weighted by Gasteiger charge is 2.33. The number of rotatable bonds is 4. The van der Waals surface area contributed by atoms with Crippen LogP contribution in [0.2, 0.25) is 0 Å². The number of carbonyl (C=O) groups is 1. The number of nitrogens with zero attached hydrogens (tertiary/aromatic N) is 1. The van der Waals surface area contributed by atoms with Crippen LogP contribution in [0.4, 0.5) is 11.4 Å². The van der Waals surface area contributed by atoms with Gasteiger partial charge in [-0.05, 0) is 25.0 Å². The van der Waals surface area contributed by atoms with Crippen LogP contribution in [0.5, 0.6) is 0 Å². The lowest BCUT2D eigenvalue weighted by Gasteiger charge is -2.18. The molecule has 0 amide bonds. The van der Waals surface area contributed by atoms with Crippen molar-refractivity contribution in [2.24, 2.45) is 5.92 Å². The van der Waals surface area contributed by atoms with Gasteiger partial charge in [0.1, 0.15) is 5.69 Å². The molecule has 1 aliphatic carbocycles. The number of aliphatic carboxylic acids is 1. The number of carboxylic acid groups (broad SMARTS) is 1. The van der Waals surface area contributed by atoms with Crippen LogP contribution < -0.4 is 5.32 Å². The van der Waals surface area contributed by atoms with Crippen molar-refractivity contribution in [2.45, 2.75) is 25.3 Å². The Hall–Kier alpha value is -1.63. The summed E-state index contributed by atoms with van der Waals surface area (Å²) in [7, 11) is 0. The number of nitrogens with one attached hydrogen (secondary N) is 1. The van der Waals surface area contributed by atoms with Crippen LogP contribution in [-0.4, -0.2) is 22.0 Å². The Morgan fingerprint density at radius 2 is 2.21 bits per heavy atom. The molecule has 1 aromatic carbocycles. The Bertz CT molecular complexity index is 520. The van der Waals surface area contributed by atoms with E-state index in [-0.39, 0.29) is 11.7 Å². The molecule has 1 fully saturated rings. The summed E-state index contributed by atoms with van der Waals surface area (Å²) < 4.78 is 0.617. The van der Waals surface area contributed by atoms with E-state index in [1.54, 1.807) is 12.1 Å². The second-order valence-electron chi connectivity index (χ2n) is 4.55. The first-order valence-electron chi connectivity index (χ1n) is 5.92. The Labute approximate surface area is 118 Å². The molecule has 2 rings (SSSR count). The van der Waals surface area contributed by atoms with Gasteiger partial charge in [-0.2, -0.15) is 0 Å². The van der Waals surface area contributed by atoms with E-state index in [2.05, 4.69) is 21.2 Å². The summed E-state index contributed by atoms with van der Waals surface area (Å²) in [4.78, 5) is 21.6. The number of halogens is 1. The number of carboxylic acids is 1. The zero-order valence-corrected chi connectivity index (χ0v) is 11.6. The summed E-state index contributed by atoms with van der Waals surface area (Å²) in [5.74, 6) is -1.34. The fourth-order valence-electron chi connectivity index (χ4n) is 2.41. The van der Waals surface area contributed by atoms with Gasteiger partial charge in [-0.3, -0.25) is 14.9 Å². The summed E-state index contributed by atoms with van der Waals surface area (Å²) in [5.41, 5.74) is 0.316. The molecule has 0 radical (unpaired) electrons. The molecule has 19 heavy (non-hydrogen) atoms. The van der Waals surface area contributed by atoms with E-state index in [1.165, 1.54) is 6.07 Å². The number of hydrogen-bond donors (Lipinski definition) is 2. The third kappa shape index (κ3) is 3.04. The average Bonchev–Trinajstić information content (AvgIpc) is 2.79. The predicted octanol–water partition coefficient (Wildman–Crippen LogP) is 3.02. The molecule has 1 saturated carbocycles. The highest BCUT2D eigenvalue weighted by Crippen LogP contribution is 2.33. The first-order chi connectivity index (χ1) is 8.99. The summed E-state index contributed by atoms with van der Waals surface area (Å²) in [6.07, 6.45) is 2.14. The first kappa shape index (κ1) is 13.8. The van der Waals surface area contributed by atoms with Crippen molar-refractivity contribution >= 4 is 33.3 Å². The van der Waals surface area contributed by atoms with Gasteiger partial charge in [-0.15, -0.1) is 0 Å². The monoisotopic (exact) mass is 328 g/mol. The lowest BCUT2D eigenvalue weighted by atomic mass is 10.0. The van der Waals surface area contributed by atoms with Crippen LogP contribution >= 0.6 is 15.9 Å². The minimum atomic E-state index is -0.852. The number of nitro groups is 1. The molecule has 0 aromatic heterocycles. The molecular formula is C12H13BrN2O4. The molecule has 0 bridgehead atoms. The maximum absolute atomic E-state index is 11.1. The molecule has 2 atom stereocenters. The number of anilines is 1. The summed E-state index contributed by atoms with van der Waals surface area (Å²) in [6, 6.07) is 4.45. The third-order valence-corrected chi connectivity index (χ3v) is 3.82. The van der Waals surface area contributed by atoms with E-state index in [1.807, 2.05) is 0 Å². The normalized spacial score (nSPS) is 22.2. The van der Waals surface area contributed by atoms with E-state index >= 15 is 0 Å². The zero-order valence-electron chi connectivity index (χ0n) is 10.0. The van der Waals surface area contributed by atoms with Crippen molar-refractivity contribution in [3.63, 3.8) is 0 Å². The van der Waals surface area contributed by atoms with E-state index in [0.717, 1.165) is 6.42 Å². The van der Waals surface area contributed by atoms with Crippen molar-refractivity contribution in [3.8, 4) is 0 Å². The van der Waals surface area contributed by atoms with Gasteiger partial charge in [0.05, 0.1) is 10.8 Å². The van der Waals surface area contributed by atoms with E-state index < -0.39 is 16.8 Å². The van der Waals surface area contributed by atoms with Gasteiger partial charge in [0, 0.05) is 16.6 Å². The molecule has 2 N–H and O–H groups in total. The Morgan fingerprint density at radius 1 is 1.47 bits per heavy atom. The van der Waals surface area contributed by atoms with Crippen LogP contribution in [0.1, 0.15) is 19.3 Å². The highest BCUT2D eigenvalue weighted by atomic mass is 79.9. The maximum atomic E-state index is 11.1. The van der Waals surface area contributed by atoms with Crippen LogP contribution in [0.15, 0.2) is 22.7 Å². The Morgan fingerprint density at radius 3 is 2.84 bits per heavy atom. The van der Waals surface area contributed by atoms with Gasteiger partial charge in [-0.1, -0.05) is 22.4 Å². The molecule has 0 aliphatic heterocycles. The fraction of sp³-hybridized carbons (Fsp3) is 0.417. The molecule has 0 saturated heterocycles. The molecule has 2 unspecified atom stereocenters. The van der Waals surface area contributed by atoms with Crippen LogP contribution in [-0.2, 0) is 4.79 Å². The maximum Gasteiger partial charge on any atom is 0.308 e. The zero-order chi connectivity index (χ0) is 14.0. The topological polar surface area (TPSA) is 92.5 Å². The molecular weight excluding hydrogens is 316 g/mol. The van der Waals surface area contributed by atoms with Gasteiger partial charge in [0.15, 0.2) is 0 Å². The third-order valence-electron chi connectivity index (χ3n) is 3.33. The van der Waals surface area contributed by atoms with Crippen molar-refractivity contribution in [1.29, 1.82) is 0 Å². The van der Waals surface area contributed by atoms with Gasteiger partial charge < -0.3 is 10.4 Å². The largest absolute Gasteiger partial charge is 0.481 e. The van der Waals surface area contributed by atoms with Crippen molar-refractivity contribution in [1.82, 2.24) is 0 Å². The minimum Gasteiger partial charge on any atom is -0.481 e. The average molecular weight is 329 g/mol. The smallest absolute Gasteiger partial charge is 0.308 e. The molecule has 7 heteroatoms. The number of benzene rings is 1. The minimum absolute atomic E-state index is 0.0505. The number of hydrogen-bond acceptors (Lipinski definition) is 4. The lowest BCUT2D eigenvalue weighted by molar-refractivity contribution is -0.384.